The zero-order chi connectivity index (χ0) is 16.7. The highest BCUT2D eigenvalue weighted by Gasteiger charge is 2.19. The zero-order valence-electron chi connectivity index (χ0n) is 14.0. The molecule has 1 atom stereocenters. The van der Waals surface area contributed by atoms with Crippen LogP contribution in [0.1, 0.15) is 70.1 Å². The highest BCUT2D eigenvalue weighted by molar-refractivity contribution is 5.83. The second-order valence-electron chi connectivity index (χ2n) is 5.99. The molecule has 0 radical (unpaired) electrons. The van der Waals surface area contributed by atoms with E-state index in [0.717, 1.165) is 25.9 Å². The molecule has 0 aliphatic carbocycles. The Labute approximate surface area is 136 Å². The lowest BCUT2D eigenvalue weighted by Gasteiger charge is -2.20. The number of rotatable bonds is 6. The third kappa shape index (κ3) is 5.33. The summed E-state index contributed by atoms with van der Waals surface area (Å²) in [6, 6.07) is -0.344. The van der Waals surface area contributed by atoms with Crippen LogP contribution >= 0.6 is 0 Å². The summed E-state index contributed by atoms with van der Waals surface area (Å²) >= 11 is 0. The molecule has 1 N–H and O–H groups in total. The van der Waals surface area contributed by atoms with Gasteiger partial charge >= 0.3 is 0 Å². The molecule has 2 heterocycles. The summed E-state index contributed by atoms with van der Waals surface area (Å²) in [6.07, 6.45) is 5.63. The maximum Gasteiger partial charge on any atom is 0.248 e. The first kappa shape index (κ1) is 17.4. The van der Waals surface area contributed by atoms with Crippen LogP contribution in [0.2, 0.25) is 0 Å². The second kappa shape index (κ2) is 8.64. The Bertz CT molecular complexity index is 521. The number of likely N-dealkylation sites (tertiary alicyclic amines) is 1. The van der Waals surface area contributed by atoms with Crippen LogP contribution in [0.5, 0.6) is 0 Å². The molecule has 1 saturated heterocycles. The molecule has 2 rings (SSSR count). The van der Waals surface area contributed by atoms with E-state index in [2.05, 4.69) is 15.5 Å². The summed E-state index contributed by atoms with van der Waals surface area (Å²) in [5.41, 5.74) is 0. The number of nitrogens with zero attached hydrogens (tertiary/aromatic N) is 3. The molecule has 0 aromatic carbocycles. The molecule has 1 aliphatic rings. The summed E-state index contributed by atoms with van der Waals surface area (Å²) in [5, 5.41) is 6.61. The van der Waals surface area contributed by atoms with E-state index < -0.39 is 0 Å². The van der Waals surface area contributed by atoms with Gasteiger partial charge in [-0.3, -0.25) is 9.59 Å². The maximum atomic E-state index is 12.2. The predicted molar refractivity (Wildman–Crippen MR) is 84.5 cm³/mol. The van der Waals surface area contributed by atoms with E-state index >= 15 is 0 Å². The Balaban J connectivity index is 1.74. The van der Waals surface area contributed by atoms with Gasteiger partial charge in [0.25, 0.3) is 0 Å². The SMILES string of the molecule is CCc1noc(C(C)NC(=O)CCC(=O)N2CCCCCC2)n1. The number of hydrogen-bond donors (Lipinski definition) is 1. The topological polar surface area (TPSA) is 88.3 Å². The molecule has 1 fully saturated rings. The first-order valence-corrected chi connectivity index (χ1v) is 8.49. The number of aryl methyl sites for hydroxylation is 1. The lowest BCUT2D eigenvalue weighted by Crippen LogP contribution is -2.33. The highest BCUT2D eigenvalue weighted by Crippen LogP contribution is 2.13. The molecule has 1 aliphatic heterocycles. The van der Waals surface area contributed by atoms with E-state index in [4.69, 9.17) is 4.52 Å². The molecule has 23 heavy (non-hydrogen) atoms. The fourth-order valence-corrected chi connectivity index (χ4v) is 2.66. The third-order valence-electron chi connectivity index (χ3n) is 4.07. The van der Waals surface area contributed by atoms with Gasteiger partial charge in [-0.15, -0.1) is 0 Å². The summed E-state index contributed by atoms with van der Waals surface area (Å²) in [4.78, 5) is 30.2. The van der Waals surface area contributed by atoms with Crippen LogP contribution in [-0.2, 0) is 16.0 Å². The first-order valence-electron chi connectivity index (χ1n) is 8.49. The Morgan fingerprint density at radius 3 is 2.52 bits per heavy atom. The Kier molecular flexibility index (Phi) is 6.55. The van der Waals surface area contributed by atoms with Crippen molar-refractivity contribution in [1.29, 1.82) is 0 Å². The first-order chi connectivity index (χ1) is 11.1. The van der Waals surface area contributed by atoms with Gasteiger partial charge in [0.1, 0.15) is 6.04 Å². The van der Waals surface area contributed by atoms with Gasteiger partial charge in [-0.05, 0) is 19.8 Å². The standard InChI is InChI=1S/C16H26N4O3/c1-3-13-18-16(23-19-13)12(2)17-14(21)8-9-15(22)20-10-6-4-5-7-11-20/h12H,3-11H2,1-2H3,(H,17,21). The minimum atomic E-state index is -0.344. The smallest absolute Gasteiger partial charge is 0.248 e. The van der Waals surface area contributed by atoms with Gasteiger partial charge < -0.3 is 14.7 Å². The van der Waals surface area contributed by atoms with Crippen molar-refractivity contribution in [2.24, 2.45) is 0 Å². The van der Waals surface area contributed by atoms with E-state index in [1.165, 1.54) is 12.8 Å². The highest BCUT2D eigenvalue weighted by atomic mass is 16.5. The molecule has 0 bridgehead atoms. The third-order valence-corrected chi connectivity index (χ3v) is 4.07. The average molecular weight is 322 g/mol. The van der Waals surface area contributed by atoms with Gasteiger partial charge in [0.2, 0.25) is 17.7 Å². The summed E-state index contributed by atoms with van der Waals surface area (Å²) in [6.45, 7) is 5.37. The van der Waals surface area contributed by atoms with Crippen LogP contribution in [0, 0.1) is 0 Å². The normalized spacial score (nSPS) is 16.7. The van der Waals surface area contributed by atoms with Crippen LogP contribution in [0.3, 0.4) is 0 Å². The molecule has 0 saturated carbocycles. The van der Waals surface area contributed by atoms with E-state index in [0.29, 0.717) is 18.1 Å². The monoisotopic (exact) mass is 322 g/mol. The quantitative estimate of drug-likeness (QED) is 0.865. The minimum absolute atomic E-state index is 0.0702. The van der Waals surface area contributed by atoms with Crippen LogP contribution in [0.25, 0.3) is 0 Å². The van der Waals surface area contributed by atoms with Crippen molar-refractivity contribution in [2.75, 3.05) is 13.1 Å². The van der Waals surface area contributed by atoms with Crippen LogP contribution < -0.4 is 5.32 Å². The number of carbonyl (C=O) groups excluding carboxylic acids is 2. The van der Waals surface area contributed by atoms with Crippen molar-refractivity contribution in [1.82, 2.24) is 20.4 Å². The maximum absolute atomic E-state index is 12.2. The van der Waals surface area contributed by atoms with Crippen molar-refractivity contribution in [3.63, 3.8) is 0 Å². The number of hydrogen-bond acceptors (Lipinski definition) is 5. The number of aromatic nitrogens is 2. The fraction of sp³-hybridized carbons (Fsp3) is 0.750. The van der Waals surface area contributed by atoms with E-state index in [-0.39, 0.29) is 30.7 Å². The average Bonchev–Trinajstić information content (AvgIpc) is 2.87. The van der Waals surface area contributed by atoms with Gasteiger partial charge in [-0.2, -0.15) is 4.98 Å². The molecule has 7 heteroatoms. The van der Waals surface area contributed by atoms with E-state index in [1.807, 2.05) is 11.8 Å². The van der Waals surface area contributed by atoms with E-state index in [9.17, 15) is 9.59 Å². The molecule has 1 aromatic rings. The number of nitrogens with one attached hydrogen (secondary N) is 1. The molecule has 7 nitrogen and oxygen atoms in total. The van der Waals surface area contributed by atoms with Crippen LogP contribution in [0.4, 0.5) is 0 Å². The summed E-state index contributed by atoms with van der Waals surface area (Å²) < 4.78 is 5.10. The van der Waals surface area contributed by atoms with Crippen molar-refractivity contribution < 1.29 is 14.1 Å². The van der Waals surface area contributed by atoms with E-state index in [1.54, 1.807) is 6.92 Å². The molecule has 1 unspecified atom stereocenters. The zero-order valence-corrected chi connectivity index (χ0v) is 14.0. The van der Waals surface area contributed by atoms with Crippen molar-refractivity contribution in [2.45, 2.75) is 64.8 Å². The molecular formula is C16H26N4O3. The van der Waals surface area contributed by atoms with Gasteiger partial charge in [0.15, 0.2) is 5.82 Å². The Hall–Kier alpha value is -1.92. The number of amides is 2. The summed E-state index contributed by atoms with van der Waals surface area (Å²) in [5.74, 6) is 0.921. The largest absolute Gasteiger partial charge is 0.345 e. The predicted octanol–water partition coefficient (Wildman–Crippen LogP) is 1.99. The van der Waals surface area contributed by atoms with Gasteiger partial charge in [-0.25, -0.2) is 0 Å². The molecular weight excluding hydrogens is 296 g/mol. The number of carbonyl (C=O) groups is 2. The van der Waals surface area contributed by atoms with Crippen molar-refractivity contribution in [3.05, 3.63) is 11.7 Å². The second-order valence-corrected chi connectivity index (χ2v) is 5.99. The minimum Gasteiger partial charge on any atom is -0.345 e. The van der Waals surface area contributed by atoms with Crippen molar-refractivity contribution in [3.8, 4) is 0 Å². The summed E-state index contributed by atoms with van der Waals surface area (Å²) in [7, 11) is 0. The molecule has 0 spiro atoms. The fourth-order valence-electron chi connectivity index (χ4n) is 2.66. The van der Waals surface area contributed by atoms with Crippen LogP contribution in [-0.4, -0.2) is 39.9 Å². The molecule has 128 valence electrons. The molecule has 2 amide bonds. The lowest BCUT2D eigenvalue weighted by molar-refractivity contribution is -0.133. The lowest BCUT2D eigenvalue weighted by atomic mass is 10.2. The van der Waals surface area contributed by atoms with Crippen LogP contribution in [0.15, 0.2) is 4.52 Å². The van der Waals surface area contributed by atoms with Crippen molar-refractivity contribution >= 4 is 11.8 Å². The Morgan fingerprint density at radius 2 is 1.91 bits per heavy atom. The van der Waals surface area contributed by atoms with Gasteiger partial charge in [0, 0.05) is 32.4 Å². The Morgan fingerprint density at radius 1 is 1.22 bits per heavy atom. The van der Waals surface area contributed by atoms with Gasteiger partial charge in [0.05, 0.1) is 0 Å². The molecule has 1 aromatic heterocycles. The van der Waals surface area contributed by atoms with Gasteiger partial charge in [-0.1, -0.05) is 24.9 Å².